The summed E-state index contributed by atoms with van der Waals surface area (Å²) in [6.45, 7) is 9.13. The third kappa shape index (κ3) is 7.17. The molecule has 1 amide bonds. The number of hydrogen-bond donors (Lipinski definition) is 2. The van der Waals surface area contributed by atoms with Crippen molar-refractivity contribution in [3.05, 3.63) is 23.8 Å². The van der Waals surface area contributed by atoms with E-state index in [0.717, 1.165) is 17.7 Å². The molecule has 0 heterocycles. The summed E-state index contributed by atoms with van der Waals surface area (Å²) in [7, 11) is 1.62. The lowest BCUT2D eigenvalue weighted by Crippen LogP contribution is -2.40. The van der Waals surface area contributed by atoms with Gasteiger partial charge in [0.05, 0.1) is 13.7 Å². The first-order chi connectivity index (χ1) is 11.3. The molecule has 0 atom stereocenters. The van der Waals surface area contributed by atoms with Gasteiger partial charge in [-0.15, -0.1) is 0 Å². The molecule has 0 bridgehead atoms. The monoisotopic (exact) mass is 352 g/mol. The summed E-state index contributed by atoms with van der Waals surface area (Å²) < 4.78 is 11.2. The molecule has 5 nitrogen and oxygen atoms in total. The molecule has 0 spiro atoms. The molecule has 1 rings (SSSR count). The number of benzene rings is 1. The molecule has 0 fully saturated rings. The summed E-state index contributed by atoms with van der Waals surface area (Å²) in [6.07, 6.45) is 0.996. The fourth-order valence-corrected chi connectivity index (χ4v) is 2.00. The molecule has 0 aromatic heterocycles. The Bertz CT molecular complexity index is 559. The molecule has 1 aromatic rings. The van der Waals surface area contributed by atoms with Gasteiger partial charge in [0.1, 0.15) is 0 Å². The number of carbonyl (C=O) groups is 1. The van der Waals surface area contributed by atoms with Crippen molar-refractivity contribution in [1.82, 2.24) is 10.6 Å². The third-order valence-corrected chi connectivity index (χ3v) is 3.64. The number of hydrogen-bond acceptors (Lipinski definition) is 4. The van der Waals surface area contributed by atoms with Crippen molar-refractivity contribution < 1.29 is 14.3 Å². The van der Waals surface area contributed by atoms with Crippen LogP contribution in [0.15, 0.2) is 18.2 Å². The Morgan fingerprint density at radius 3 is 2.50 bits per heavy atom. The molecule has 0 unspecified atom stereocenters. The summed E-state index contributed by atoms with van der Waals surface area (Å²) in [6, 6.07) is 5.75. The van der Waals surface area contributed by atoms with Crippen molar-refractivity contribution in [3.63, 3.8) is 0 Å². The van der Waals surface area contributed by atoms with Crippen molar-refractivity contribution in [2.75, 3.05) is 13.7 Å². The van der Waals surface area contributed by atoms with Crippen LogP contribution in [0.4, 0.5) is 0 Å². The van der Waals surface area contributed by atoms with E-state index in [0.29, 0.717) is 29.9 Å². The first-order valence-electron chi connectivity index (χ1n) is 8.21. The second-order valence-corrected chi connectivity index (χ2v) is 6.75. The van der Waals surface area contributed by atoms with E-state index in [1.54, 1.807) is 7.11 Å². The van der Waals surface area contributed by atoms with Gasteiger partial charge in [0.15, 0.2) is 16.6 Å². The predicted molar refractivity (Wildman–Crippen MR) is 100 cm³/mol. The molecule has 134 valence electrons. The van der Waals surface area contributed by atoms with Crippen LogP contribution in [0, 0.1) is 11.8 Å². The minimum Gasteiger partial charge on any atom is -0.493 e. The molecule has 0 aliphatic heterocycles. The van der Waals surface area contributed by atoms with Gasteiger partial charge in [0, 0.05) is 12.5 Å². The van der Waals surface area contributed by atoms with Crippen molar-refractivity contribution in [2.45, 2.75) is 40.7 Å². The number of thiocarbonyl (C=S) groups is 1. The minimum absolute atomic E-state index is 0.0982. The van der Waals surface area contributed by atoms with Crippen molar-refractivity contribution >= 4 is 23.2 Å². The highest BCUT2D eigenvalue weighted by Gasteiger charge is 2.10. The van der Waals surface area contributed by atoms with Crippen LogP contribution in [-0.4, -0.2) is 24.7 Å². The number of carbonyl (C=O) groups excluding carboxylic acids is 1. The maximum atomic E-state index is 11.6. The Kier molecular flexibility index (Phi) is 8.54. The van der Waals surface area contributed by atoms with Gasteiger partial charge in [-0.1, -0.05) is 33.8 Å². The fourth-order valence-electron chi connectivity index (χ4n) is 1.83. The summed E-state index contributed by atoms with van der Waals surface area (Å²) in [5.74, 6) is 1.82. The zero-order valence-corrected chi connectivity index (χ0v) is 16.0. The van der Waals surface area contributed by atoms with Crippen LogP contribution in [0.3, 0.4) is 0 Å². The van der Waals surface area contributed by atoms with E-state index < -0.39 is 0 Å². The average Bonchev–Trinajstić information content (AvgIpc) is 2.53. The van der Waals surface area contributed by atoms with Crippen molar-refractivity contribution in [2.24, 2.45) is 11.8 Å². The quantitative estimate of drug-likeness (QED) is 0.703. The average molecular weight is 353 g/mol. The molecule has 1 aromatic carbocycles. The number of methoxy groups -OCH3 is 1. The van der Waals surface area contributed by atoms with Crippen LogP contribution < -0.4 is 20.1 Å². The SMILES string of the molecule is COc1cc(CNC(=S)NC(=O)C(C)C)ccc1OCCC(C)C. The van der Waals surface area contributed by atoms with Gasteiger partial charge in [-0.3, -0.25) is 4.79 Å². The highest BCUT2D eigenvalue weighted by Crippen LogP contribution is 2.28. The number of rotatable bonds is 8. The molecule has 24 heavy (non-hydrogen) atoms. The Balaban J connectivity index is 2.57. The molecule has 0 saturated carbocycles. The summed E-state index contributed by atoms with van der Waals surface area (Å²) in [4.78, 5) is 11.6. The van der Waals surface area contributed by atoms with Gasteiger partial charge >= 0.3 is 0 Å². The lowest BCUT2D eigenvalue weighted by atomic mass is 10.1. The standard InChI is InChI=1S/C18H28N2O3S/c1-12(2)8-9-23-15-7-6-14(10-16(15)22-5)11-19-18(24)20-17(21)13(3)4/h6-7,10,12-13H,8-9,11H2,1-5H3,(H2,19,20,21,24). The van der Waals surface area contributed by atoms with E-state index in [9.17, 15) is 4.79 Å². The third-order valence-electron chi connectivity index (χ3n) is 3.39. The molecule has 0 aliphatic rings. The molecular formula is C18H28N2O3S. The topological polar surface area (TPSA) is 59.6 Å². The van der Waals surface area contributed by atoms with E-state index >= 15 is 0 Å². The molecule has 0 saturated heterocycles. The molecule has 2 N–H and O–H groups in total. The largest absolute Gasteiger partial charge is 0.493 e. The van der Waals surface area contributed by atoms with Gasteiger partial charge < -0.3 is 20.1 Å². The van der Waals surface area contributed by atoms with E-state index in [1.165, 1.54) is 0 Å². The van der Waals surface area contributed by atoms with E-state index in [4.69, 9.17) is 21.7 Å². The van der Waals surface area contributed by atoms with Crippen LogP contribution in [0.5, 0.6) is 11.5 Å². The Morgan fingerprint density at radius 2 is 1.92 bits per heavy atom. The lowest BCUT2D eigenvalue weighted by Gasteiger charge is -2.14. The van der Waals surface area contributed by atoms with Crippen molar-refractivity contribution in [1.29, 1.82) is 0 Å². The lowest BCUT2D eigenvalue weighted by molar-refractivity contribution is -0.122. The molecule has 6 heteroatoms. The second-order valence-electron chi connectivity index (χ2n) is 6.34. The summed E-state index contributed by atoms with van der Waals surface area (Å²) in [5, 5.41) is 5.99. The van der Waals surface area contributed by atoms with E-state index in [-0.39, 0.29) is 11.8 Å². The summed E-state index contributed by atoms with van der Waals surface area (Å²) >= 11 is 5.12. The van der Waals surface area contributed by atoms with Gasteiger partial charge in [0.2, 0.25) is 5.91 Å². The molecule has 0 aliphatic carbocycles. The maximum absolute atomic E-state index is 11.6. The summed E-state index contributed by atoms with van der Waals surface area (Å²) in [5.41, 5.74) is 0.990. The molecule has 0 radical (unpaired) electrons. The first kappa shape index (κ1) is 20.2. The Morgan fingerprint density at radius 1 is 1.21 bits per heavy atom. The number of ether oxygens (including phenoxy) is 2. The highest BCUT2D eigenvalue weighted by molar-refractivity contribution is 7.80. The predicted octanol–water partition coefficient (Wildman–Crippen LogP) is 3.27. The van der Waals surface area contributed by atoms with Crippen LogP contribution >= 0.6 is 12.2 Å². The van der Waals surface area contributed by atoms with Crippen LogP contribution in [0.25, 0.3) is 0 Å². The molecular weight excluding hydrogens is 324 g/mol. The number of amides is 1. The zero-order valence-electron chi connectivity index (χ0n) is 15.1. The van der Waals surface area contributed by atoms with Crippen LogP contribution in [0.2, 0.25) is 0 Å². The zero-order chi connectivity index (χ0) is 18.1. The first-order valence-corrected chi connectivity index (χ1v) is 8.62. The normalized spacial score (nSPS) is 10.6. The smallest absolute Gasteiger partial charge is 0.228 e. The maximum Gasteiger partial charge on any atom is 0.228 e. The van der Waals surface area contributed by atoms with Gasteiger partial charge in [-0.05, 0) is 42.3 Å². The van der Waals surface area contributed by atoms with Gasteiger partial charge in [-0.2, -0.15) is 0 Å². The fraction of sp³-hybridized carbons (Fsp3) is 0.556. The second kappa shape index (κ2) is 10.1. The van der Waals surface area contributed by atoms with E-state index in [2.05, 4.69) is 24.5 Å². The number of nitrogens with one attached hydrogen (secondary N) is 2. The van der Waals surface area contributed by atoms with Crippen molar-refractivity contribution in [3.8, 4) is 11.5 Å². The van der Waals surface area contributed by atoms with Gasteiger partial charge in [0.25, 0.3) is 0 Å². The Labute approximate surface area is 150 Å². The van der Waals surface area contributed by atoms with E-state index in [1.807, 2.05) is 32.0 Å². The van der Waals surface area contributed by atoms with Gasteiger partial charge in [-0.25, -0.2) is 0 Å². The van der Waals surface area contributed by atoms with Crippen LogP contribution in [-0.2, 0) is 11.3 Å². The Hall–Kier alpha value is -1.82. The van der Waals surface area contributed by atoms with Crippen LogP contribution in [0.1, 0.15) is 39.7 Å². The minimum atomic E-state index is -0.105. The highest BCUT2D eigenvalue weighted by atomic mass is 32.1.